The molecule has 24 heavy (non-hydrogen) atoms. The van der Waals surface area contributed by atoms with Gasteiger partial charge in [0.1, 0.15) is 0 Å². The van der Waals surface area contributed by atoms with Crippen LogP contribution in [0.15, 0.2) is 23.3 Å². The van der Waals surface area contributed by atoms with Gasteiger partial charge in [-0.25, -0.2) is 5.43 Å². The molecule has 7 nitrogen and oxygen atoms in total. The number of phenols is 1. The maximum absolute atomic E-state index is 12.2. The summed E-state index contributed by atoms with van der Waals surface area (Å²) in [5.41, 5.74) is 5.34. The molecule has 0 fully saturated rings. The Balaban J connectivity index is 1.69. The van der Waals surface area contributed by atoms with E-state index < -0.39 is 0 Å². The normalized spacial score (nSPS) is 13.7. The number of nitrogens with zero attached hydrogens (tertiary/aromatic N) is 2. The van der Waals surface area contributed by atoms with Gasteiger partial charge in [0.05, 0.1) is 12.8 Å². The van der Waals surface area contributed by atoms with E-state index in [1.807, 2.05) is 6.92 Å². The summed E-state index contributed by atoms with van der Waals surface area (Å²) in [6.07, 6.45) is 5.35. The first-order valence-electron chi connectivity index (χ1n) is 8.05. The van der Waals surface area contributed by atoms with Gasteiger partial charge in [-0.3, -0.25) is 9.89 Å². The molecule has 2 aromatic rings. The van der Waals surface area contributed by atoms with E-state index in [-0.39, 0.29) is 11.7 Å². The van der Waals surface area contributed by atoms with Crippen molar-refractivity contribution in [3.63, 3.8) is 0 Å². The minimum atomic E-state index is -0.355. The molecule has 0 radical (unpaired) electrons. The average Bonchev–Trinajstić information content (AvgIpc) is 3.02. The number of carbonyl (C=O) groups excluding carboxylic acids is 1. The monoisotopic (exact) mass is 328 g/mol. The molecule has 7 heteroatoms. The smallest absolute Gasteiger partial charge is 0.292 e. The van der Waals surface area contributed by atoms with Crippen molar-refractivity contribution in [2.24, 2.45) is 5.10 Å². The molecule has 3 rings (SSSR count). The number of ether oxygens (including phenoxy) is 1. The molecule has 0 saturated carbocycles. The van der Waals surface area contributed by atoms with Crippen molar-refractivity contribution < 1.29 is 14.6 Å². The Morgan fingerprint density at radius 2 is 2.29 bits per heavy atom. The second-order valence-corrected chi connectivity index (χ2v) is 5.56. The molecule has 3 N–H and O–H groups in total. The van der Waals surface area contributed by atoms with Crippen LogP contribution in [0.25, 0.3) is 0 Å². The fourth-order valence-corrected chi connectivity index (χ4v) is 2.80. The molecule has 0 atom stereocenters. The molecular formula is C17H20N4O3. The van der Waals surface area contributed by atoms with Gasteiger partial charge in [0.25, 0.3) is 5.91 Å². The van der Waals surface area contributed by atoms with Crippen molar-refractivity contribution in [3.8, 4) is 11.5 Å². The van der Waals surface area contributed by atoms with Crippen molar-refractivity contribution in [1.29, 1.82) is 0 Å². The Hall–Kier alpha value is -2.83. The zero-order chi connectivity index (χ0) is 16.9. The molecule has 0 spiro atoms. The molecule has 1 aliphatic rings. The maximum Gasteiger partial charge on any atom is 0.292 e. The molecule has 1 aromatic carbocycles. The molecule has 126 valence electrons. The third-order valence-corrected chi connectivity index (χ3v) is 3.97. The first-order chi connectivity index (χ1) is 11.7. The Kier molecular flexibility index (Phi) is 4.79. The molecule has 0 bridgehead atoms. The number of nitrogens with one attached hydrogen (secondary N) is 2. The minimum Gasteiger partial charge on any atom is -0.504 e. The number of rotatable bonds is 5. The number of carbonyl (C=O) groups is 1. The summed E-state index contributed by atoms with van der Waals surface area (Å²) < 4.78 is 5.31. The largest absolute Gasteiger partial charge is 0.504 e. The summed E-state index contributed by atoms with van der Waals surface area (Å²) in [5.74, 6) is 0.0229. The number of fused-ring (bicyclic) bond motifs is 1. The molecule has 1 amide bonds. The molecule has 0 unspecified atom stereocenters. The summed E-state index contributed by atoms with van der Waals surface area (Å²) in [5, 5.41) is 21.0. The predicted molar refractivity (Wildman–Crippen MR) is 89.6 cm³/mol. The zero-order valence-electron chi connectivity index (χ0n) is 13.5. The number of phenolic OH excluding ortho intramolecular Hbond substituents is 1. The molecule has 0 saturated heterocycles. The van der Waals surface area contributed by atoms with E-state index in [4.69, 9.17) is 4.74 Å². The lowest BCUT2D eigenvalue weighted by atomic mass is 9.96. The number of hydrogen-bond acceptors (Lipinski definition) is 5. The predicted octanol–water partition coefficient (Wildman–Crippen LogP) is 2.16. The quantitative estimate of drug-likeness (QED) is 0.578. The number of para-hydroxylation sites is 1. The highest BCUT2D eigenvalue weighted by molar-refractivity contribution is 5.95. The second-order valence-electron chi connectivity index (χ2n) is 5.56. The van der Waals surface area contributed by atoms with Gasteiger partial charge in [0.15, 0.2) is 17.2 Å². The lowest BCUT2D eigenvalue weighted by molar-refractivity contribution is 0.0949. The number of aryl methyl sites for hydroxylation is 1. The highest BCUT2D eigenvalue weighted by atomic mass is 16.5. The standard InChI is InChI=1S/C17H20N4O3/c1-2-24-14-9-5-6-11(16(14)22)10-18-21-17(23)15-12-7-3-4-8-13(12)19-20-15/h5-6,9-10,22H,2-4,7-8H2,1H3,(H,19,20)(H,21,23)/b18-10+. The average molecular weight is 328 g/mol. The third-order valence-electron chi connectivity index (χ3n) is 3.97. The Morgan fingerprint density at radius 1 is 1.46 bits per heavy atom. The second kappa shape index (κ2) is 7.16. The lowest BCUT2D eigenvalue weighted by Gasteiger charge is -2.10. The summed E-state index contributed by atoms with van der Waals surface area (Å²) >= 11 is 0. The van der Waals surface area contributed by atoms with Gasteiger partial charge in [-0.15, -0.1) is 0 Å². The Bertz CT molecular complexity index is 767. The number of aromatic nitrogens is 2. The van der Waals surface area contributed by atoms with E-state index in [0.717, 1.165) is 36.9 Å². The number of hydrazone groups is 1. The van der Waals surface area contributed by atoms with Crippen molar-refractivity contribution in [2.45, 2.75) is 32.6 Å². The van der Waals surface area contributed by atoms with Gasteiger partial charge < -0.3 is 9.84 Å². The van der Waals surface area contributed by atoms with E-state index >= 15 is 0 Å². The van der Waals surface area contributed by atoms with Gasteiger partial charge in [0.2, 0.25) is 0 Å². The van der Waals surface area contributed by atoms with Crippen LogP contribution in [-0.4, -0.2) is 34.0 Å². The van der Waals surface area contributed by atoms with Crippen LogP contribution in [0.2, 0.25) is 0 Å². The van der Waals surface area contributed by atoms with Crippen LogP contribution in [0.1, 0.15) is 47.1 Å². The highest BCUT2D eigenvalue weighted by Crippen LogP contribution is 2.28. The van der Waals surface area contributed by atoms with Crippen molar-refractivity contribution >= 4 is 12.1 Å². The fraction of sp³-hybridized carbons (Fsp3) is 0.353. The molecule has 1 aliphatic carbocycles. The SMILES string of the molecule is CCOc1cccc(/C=N/NC(=O)c2n[nH]c3c2CCCC3)c1O. The lowest BCUT2D eigenvalue weighted by Crippen LogP contribution is -2.20. The molecule has 0 aliphatic heterocycles. The van der Waals surface area contributed by atoms with E-state index in [2.05, 4.69) is 20.7 Å². The maximum atomic E-state index is 12.2. The fourth-order valence-electron chi connectivity index (χ4n) is 2.80. The van der Waals surface area contributed by atoms with E-state index in [1.165, 1.54) is 6.21 Å². The first-order valence-corrected chi connectivity index (χ1v) is 8.05. The topological polar surface area (TPSA) is 99.6 Å². The van der Waals surface area contributed by atoms with Crippen molar-refractivity contribution in [2.75, 3.05) is 6.61 Å². The molecule has 1 heterocycles. The van der Waals surface area contributed by atoms with Crippen molar-refractivity contribution in [1.82, 2.24) is 15.6 Å². The summed E-state index contributed by atoms with van der Waals surface area (Å²) in [6, 6.07) is 5.10. The number of aromatic hydroxyl groups is 1. The van der Waals surface area contributed by atoms with Crippen molar-refractivity contribution in [3.05, 3.63) is 40.7 Å². The number of amides is 1. The van der Waals surface area contributed by atoms with Gasteiger partial charge in [-0.1, -0.05) is 6.07 Å². The molecular weight excluding hydrogens is 308 g/mol. The molecule has 1 aromatic heterocycles. The van der Waals surface area contributed by atoms with E-state index in [1.54, 1.807) is 18.2 Å². The van der Waals surface area contributed by atoms with Crippen LogP contribution in [0.5, 0.6) is 11.5 Å². The van der Waals surface area contributed by atoms with Crippen LogP contribution < -0.4 is 10.2 Å². The van der Waals surface area contributed by atoms with Crippen LogP contribution >= 0.6 is 0 Å². The Labute approximate surface area is 139 Å². The van der Waals surface area contributed by atoms with Gasteiger partial charge in [0, 0.05) is 16.8 Å². The third kappa shape index (κ3) is 3.24. The van der Waals surface area contributed by atoms with Gasteiger partial charge in [-0.2, -0.15) is 10.2 Å². The van der Waals surface area contributed by atoms with Crippen LogP contribution in [0, 0.1) is 0 Å². The van der Waals surface area contributed by atoms with E-state index in [9.17, 15) is 9.90 Å². The number of hydrogen-bond donors (Lipinski definition) is 3. The summed E-state index contributed by atoms with van der Waals surface area (Å²) in [4.78, 5) is 12.2. The number of benzene rings is 1. The van der Waals surface area contributed by atoms with Crippen LogP contribution in [-0.2, 0) is 12.8 Å². The van der Waals surface area contributed by atoms with Gasteiger partial charge >= 0.3 is 0 Å². The highest BCUT2D eigenvalue weighted by Gasteiger charge is 2.21. The number of H-pyrrole nitrogens is 1. The minimum absolute atomic E-state index is 0.00509. The van der Waals surface area contributed by atoms with E-state index in [0.29, 0.717) is 23.6 Å². The summed E-state index contributed by atoms with van der Waals surface area (Å²) in [6.45, 7) is 2.29. The summed E-state index contributed by atoms with van der Waals surface area (Å²) in [7, 11) is 0. The Morgan fingerprint density at radius 3 is 3.12 bits per heavy atom. The zero-order valence-corrected chi connectivity index (χ0v) is 13.5. The number of aromatic amines is 1. The van der Waals surface area contributed by atoms with Crippen LogP contribution in [0.4, 0.5) is 0 Å². The first kappa shape index (κ1) is 16.0. The van der Waals surface area contributed by atoms with Gasteiger partial charge in [-0.05, 0) is 44.7 Å². The van der Waals surface area contributed by atoms with Crippen LogP contribution in [0.3, 0.4) is 0 Å².